The topological polar surface area (TPSA) is 55.8 Å². The van der Waals surface area contributed by atoms with E-state index in [0.717, 1.165) is 6.07 Å². The van der Waals surface area contributed by atoms with Gasteiger partial charge >= 0.3 is 6.18 Å². The molecule has 3 rings (SSSR count). The summed E-state index contributed by atoms with van der Waals surface area (Å²) >= 11 is 0. The van der Waals surface area contributed by atoms with Crippen molar-refractivity contribution in [2.75, 3.05) is 26.3 Å². The van der Waals surface area contributed by atoms with Crippen molar-refractivity contribution in [2.24, 2.45) is 5.92 Å². The second-order valence-electron chi connectivity index (χ2n) is 6.33. The molecular formula is C16H20F3NO4S. The van der Waals surface area contributed by atoms with Gasteiger partial charge in [0.2, 0.25) is 10.0 Å². The van der Waals surface area contributed by atoms with Gasteiger partial charge in [-0.1, -0.05) is 6.07 Å². The fourth-order valence-corrected chi connectivity index (χ4v) is 4.75. The van der Waals surface area contributed by atoms with Gasteiger partial charge in [0.05, 0.1) is 23.7 Å². The van der Waals surface area contributed by atoms with Crippen LogP contribution in [0.4, 0.5) is 13.2 Å². The van der Waals surface area contributed by atoms with Crippen molar-refractivity contribution in [1.29, 1.82) is 0 Å². The predicted molar refractivity (Wildman–Crippen MR) is 83.4 cm³/mol. The Balaban J connectivity index is 1.76. The maximum absolute atomic E-state index is 13.0. The number of hydrogen-bond acceptors (Lipinski definition) is 4. The van der Waals surface area contributed by atoms with Crippen LogP contribution in [0.1, 0.15) is 24.0 Å². The van der Waals surface area contributed by atoms with Gasteiger partial charge in [0, 0.05) is 19.0 Å². The Bertz CT molecular complexity index is 721. The smallest absolute Gasteiger partial charge is 0.350 e. The molecule has 2 heterocycles. The van der Waals surface area contributed by atoms with Crippen molar-refractivity contribution in [3.05, 3.63) is 29.3 Å². The van der Waals surface area contributed by atoms with Gasteiger partial charge in [0.25, 0.3) is 0 Å². The van der Waals surface area contributed by atoms with E-state index in [-0.39, 0.29) is 35.8 Å². The zero-order valence-electron chi connectivity index (χ0n) is 13.8. The van der Waals surface area contributed by atoms with Crippen LogP contribution in [0.25, 0.3) is 0 Å². The van der Waals surface area contributed by atoms with Crippen LogP contribution in [-0.2, 0) is 25.7 Å². The minimum absolute atomic E-state index is 0.000638. The van der Waals surface area contributed by atoms with E-state index in [9.17, 15) is 21.6 Å². The van der Waals surface area contributed by atoms with Crippen LogP contribution in [0.15, 0.2) is 23.1 Å². The van der Waals surface area contributed by atoms with Crippen LogP contribution in [0.5, 0.6) is 0 Å². The number of hydrogen-bond donors (Lipinski definition) is 0. The fourth-order valence-electron chi connectivity index (χ4n) is 3.25. The lowest BCUT2D eigenvalue weighted by Gasteiger charge is -2.33. The first-order chi connectivity index (χ1) is 11.7. The predicted octanol–water partition coefficient (Wildman–Crippen LogP) is 2.79. The Morgan fingerprint density at radius 1 is 1.12 bits per heavy atom. The number of alkyl halides is 3. The summed E-state index contributed by atoms with van der Waals surface area (Å²) in [4.78, 5) is -0.322. The molecule has 140 valence electrons. The summed E-state index contributed by atoms with van der Waals surface area (Å²) in [6.07, 6.45) is -3.77. The molecule has 1 aromatic rings. The molecule has 0 aromatic heterocycles. The number of nitrogens with zero attached hydrogens (tertiary/aromatic N) is 1. The summed E-state index contributed by atoms with van der Waals surface area (Å²) in [6, 6.07) is 3.15. The second kappa shape index (κ2) is 6.86. The molecule has 0 radical (unpaired) electrons. The number of ether oxygens (including phenoxy) is 2. The Labute approximate surface area is 144 Å². The molecule has 0 amide bonds. The highest BCUT2D eigenvalue weighted by Crippen LogP contribution is 2.35. The van der Waals surface area contributed by atoms with E-state index in [4.69, 9.17) is 9.47 Å². The molecule has 9 heteroatoms. The summed E-state index contributed by atoms with van der Waals surface area (Å²) in [7, 11) is -3.96. The van der Waals surface area contributed by atoms with Gasteiger partial charge in [0.1, 0.15) is 0 Å². The molecule has 0 unspecified atom stereocenters. The van der Waals surface area contributed by atoms with Crippen molar-refractivity contribution >= 4 is 10.0 Å². The van der Waals surface area contributed by atoms with Gasteiger partial charge in [-0.2, -0.15) is 17.5 Å². The molecule has 0 spiro atoms. The molecule has 5 nitrogen and oxygen atoms in total. The first-order valence-corrected chi connectivity index (χ1v) is 9.55. The normalized spacial score (nSPS) is 21.8. The maximum atomic E-state index is 13.0. The number of piperidine rings is 1. The Kier molecular flexibility index (Phi) is 5.11. The Morgan fingerprint density at radius 3 is 2.28 bits per heavy atom. The van der Waals surface area contributed by atoms with Gasteiger partial charge in [-0.3, -0.25) is 0 Å². The quantitative estimate of drug-likeness (QED) is 0.811. The first-order valence-electron chi connectivity index (χ1n) is 8.11. The van der Waals surface area contributed by atoms with Gasteiger partial charge in [-0.25, -0.2) is 8.42 Å². The van der Waals surface area contributed by atoms with Crippen LogP contribution < -0.4 is 0 Å². The van der Waals surface area contributed by atoms with E-state index in [1.54, 1.807) is 0 Å². The summed E-state index contributed by atoms with van der Waals surface area (Å²) in [5, 5.41) is 0. The van der Waals surface area contributed by atoms with E-state index in [0.29, 0.717) is 26.1 Å². The molecule has 0 N–H and O–H groups in total. The average Bonchev–Trinajstić information content (AvgIpc) is 3.08. The first kappa shape index (κ1) is 18.6. The highest BCUT2D eigenvalue weighted by molar-refractivity contribution is 7.89. The van der Waals surface area contributed by atoms with Crippen LogP contribution in [0.3, 0.4) is 0 Å². The maximum Gasteiger partial charge on any atom is 0.416 e. The van der Waals surface area contributed by atoms with E-state index in [2.05, 4.69) is 0 Å². The highest BCUT2D eigenvalue weighted by Gasteiger charge is 2.37. The molecule has 25 heavy (non-hydrogen) atoms. The molecule has 1 aromatic carbocycles. The third-order valence-electron chi connectivity index (χ3n) is 4.68. The van der Waals surface area contributed by atoms with Crippen LogP contribution >= 0.6 is 0 Å². The van der Waals surface area contributed by atoms with Crippen molar-refractivity contribution < 1.29 is 31.1 Å². The van der Waals surface area contributed by atoms with Crippen molar-refractivity contribution in [2.45, 2.75) is 37.1 Å². The molecule has 0 atom stereocenters. The summed E-state index contributed by atoms with van der Waals surface area (Å²) < 4.78 is 76.7. The number of sulfonamides is 1. The SMILES string of the molecule is Cc1ccc(S(=O)(=O)N2CCC(C3OCCO3)CC2)cc1C(F)(F)F. The lowest BCUT2D eigenvalue weighted by atomic mass is 9.98. The molecule has 2 aliphatic rings. The zero-order chi connectivity index (χ0) is 18.2. The van der Waals surface area contributed by atoms with E-state index >= 15 is 0 Å². The fraction of sp³-hybridized carbons (Fsp3) is 0.625. The molecule has 0 aliphatic carbocycles. The molecule has 2 aliphatic heterocycles. The monoisotopic (exact) mass is 379 g/mol. The standard InChI is InChI=1S/C16H20F3NO4S/c1-11-2-3-13(10-14(11)16(17,18)19)25(21,22)20-6-4-12(5-7-20)15-23-8-9-24-15/h2-3,10,12,15H,4-9H2,1H3. The molecule has 0 bridgehead atoms. The average molecular weight is 379 g/mol. The molecule has 2 fully saturated rings. The lowest BCUT2D eigenvalue weighted by Crippen LogP contribution is -2.41. The largest absolute Gasteiger partial charge is 0.416 e. The van der Waals surface area contributed by atoms with Crippen LogP contribution in [0.2, 0.25) is 0 Å². The van der Waals surface area contributed by atoms with Gasteiger partial charge in [-0.05, 0) is 37.5 Å². The van der Waals surface area contributed by atoms with E-state index in [1.165, 1.54) is 23.4 Å². The van der Waals surface area contributed by atoms with Gasteiger partial charge < -0.3 is 9.47 Å². The minimum atomic E-state index is -4.58. The van der Waals surface area contributed by atoms with Crippen molar-refractivity contribution in [3.8, 4) is 0 Å². The van der Waals surface area contributed by atoms with Crippen LogP contribution in [-0.4, -0.2) is 45.3 Å². The number of halogens is 3. The zero-order valence-corrected chi connectivity index (χ0v) is 14.6. The van der Waals surface area contributed by atoms with Gasteiger partial charge in [-0.15, -0.1) is 0 Å². The van der Waals surface area contributed by atoms with Crippen molar-refractivity contribution in [1.82, 2.24) is 4.31 Å². The highest BCUT2D eigenvalue weighted by atomic mass is 32.2. The van der Waals surface area contributed by atoms with Crippen molar-refractivity contribution in [3.63, 3.8) is 0 Å². The Morgan fingerprint density at radius 2 is 1.72 bits per heavy atom. The third kappa shape index (κ3) is 3.84. The number of benzene rings is 1. The summed E-state index contributed by atoms with van der Waals surface area (Å²) in [5.41, 5.74) is -0.920. The molecule has 2 saturated heterocycles. The summed E-state index contributed by atoms with van der Waals surface area (Å²) in [5.74, 6) is 0.109. The minimum Gasteiger partial charge on any atom is -0.350 e. The van der Waals surface area contributed by atoms with Crippen LogP contribution in [0, 0.1) is 12.8 Å². The lowest BCUT2D eigenvalue weighted by molar-refractivity contribution is -0.138. The Hall–Kier alpha value is -1.16. The second-order valence-corrected chi connectivity index (χ2v) is 8.26. The number of aryl methyl sites for hydroxylation is 1. The molecule has 0 saturated carbocycles. The summed E-state index contributed by atoms with van der Waals surface area (Å²) in [6.45, 7) is 2.86. The van der Waals surface area contributed by atoms with Gasteiger partial charge in [0.15, 0.2) is 6.29 Å². The van der Waals surface area contributed by atoms with E-state index in [1.807, 2.05) is 0 Å². The third-order valence-corrected chi connectivity index (χ3v) is 6.58. The van der Waals surface area contributed by atoms with E-state index < -0.39 is 21.8 Å². The molecular weight excluding hydrogens is 359 g/mol. The number of rotatable bonds is 3.